The molecule has 86 valence electrons. The van der Waals surface area contributed by atoms with Crippen LogP contribution in [0.25, 0.3) is 0 Å². The fraction of sp³-hybridized carbons (Fsp3) is 0.250. The zero-order chi connectivity index (χ0) is 11.7. The normalized spacial score (nSPS) is 18.7. The number of rotatable bonds is 1. The van der Waals surface area contributed by atoms with E-state index in [1.54, 1.807) is 6.07 Å². The zero-order valence-electron chi connectivity index (χ0n) is 9.76. The molecule has 1 unspecified atom stereocenters. The van der Waals surface area contributed by atoms with Crippen molar-refractivity contribution in [2.45, 2.75) is 25.2 Å². The van der Waals surface area contributed by atoms with Crippen molar-refractivity contribution in [2.24, 2.45) is 0 Å². The van der Waals surface area contributed by atoms with E-state index in [-0.39, 0.29) is 0 Å². The maximum absolute atomic E-state index is 9.91. The number of hydrogen-bond acceptors (Lipinski definition) is 1. The number of phenols is 1. The lowest BCUT2D eigenvalue weighted by Crippen LogP contribution is -2.12. The van der Waals surface area contributed by atoms with Gasteiger partial charge in [0.2, 0.25) is 0 Å². The predicted octanol–water partition coefficient (Wildman–Crippen LogP) is 3.66. The highest BCUT2D eigenvalue weighted by Crippen LogP contribution is 2.36. The molecule has 1 aliphatic rings. The van der Waals surface area contributed by atoms with Gasteiger partial charge in [-0.1, -0.05) is 42.5 Å². The molecule has 0 amide bonds. The molecule has 0 saturated carbocycles. The molecule has 1 N–H and O–H groups in total. The SMILES string of the molecule is Oc1ccccc1C1CCc2ccccc2C1. The van der Waals surface area contributed by atoms with Gasteiger partial charge in [-0.05, 0) is 47.9 Å². The van der Waals surface area contributed by atoms with E-state index in [9.17, 15) is 5.11 Å². The van der Waals surface area contributed by atoms with Crippen molar-refractivity contribution in [3.8, 4) is 5.75 Å². The molecule has 0 bridgehead atoms. The number of aromatic hydroxyl groups is 1. The standard InChI is InChI=1S/C16H16O/c17-16-8-4-3-7-15(16)14-10-9-12-5-1-2-6-13(12)11-14/h1-8,14,17H,9-11H2. The maximum Gasteiger partial charge on any atom is 0.119 e. The smallest absolute Gasteiger partial charge is 0.119 e. The average molecular weight is 224 g/mol. The first kappa shape index (κ1) is 10.4. The second-order valence-corrected chi connectivity index (χ2v) is 4.77. The summed E-state index contributed by atoms with van der Waals surface area (Å²) in [6.45, 7) is 0. The van der Waals surface area contributed by atoms with Crippen LogP contribution < -0.4 is 0 Å². The average Bonchev–Trinajstić information content (AvgIpc) is 2.39. The van der Waals surface area contributed by atoms with Crippen LogP contribution in [0.2, 0.25) is 0 Å². The Kier molecular flexibility index (Phi) is 2.60. The molecule has 1 atom stereocenters. The zero-order valence-corrected chi connectivity index (χ0v) is 9.76. The molecule has 0 aromatic heterocycles. The van der Waals surface area contributed by atoms with Gasteiger partial charge in [0.05, 0.1) is 0 Å². The first-order valence-corrected chi connectivity index (χ1v) is 6.19. The second-order valence-electron chi connectivity index (χ2n) is 4.77. The molecule has 0 aliphatic heterocycles. The van der Waals surface area contributed by atoms with Crippen LogP contribution in [0.4, 0.5) is 0 Å². The van der Waals surface area contributed by atoms with Crippen molar-refractivity contribution in [1.29, 1.82) is 0 Å². The molecule has 1 nitrogen and oxygen atoms in total. The number of benzene rings is 2. The van der Waals surface area contributed by atoms with E-state index >= 15 is 0 Å². The van der Waals surface area contributed by atoms with Crippen molar-refractivity contribution in [1.82, 2.24) is 0 Å². The van der Waals surface area contributed by atoms with E-state index in [4.69, 9.17) is 0 Å². The lowest BCUT2D eigenvalue weighted by molar-refractivity contribution is 0.453. The Morgan fingerprint density at radius 3 is 2.41 bits per heavy atom. The highest BCUT2D eigenvalue weighted by molar-refractivity contribution is 5.39. The van der Waals surface area contributed by atoms with Crippen LogP contribution in [0.5, 0.6) is 5.75 Å². The Morgan fingerprint density at radius 2 is 1.59 bits per heavy atom. The van der Waals surface area contributed by atoms with E-state index in [1.807, 2.05) is 18.2 Å². The summed E-state index contributed by atoms with van der Waals surface area (Å²) in [6, 6.07) is 16.4. The molecule has 2 aromatic rings. The van der Waals surface area contributed by atoms with Gasteiger partial charge in [0.15, 0.2) is 0 Å². The molecule has 0 heterocycles. The summed E-state index contributed by atoms with van der Waals surface area (Å²) in [6.07, 6.45) is 3.30. The molecule has 0 saturated heterocycles. The predicted molar refractivity (Wildman–Crippen MR) is 69.3 cm³/mol. The summed E-state index contributed by atoms with van der Waals surface area (Å²) >= 11 is 0. The summed E-state index contributed by atoms with van der Waals surface area (Å²) in [5, 5.41) is 9.91. The van der Waals surface area contributed by atoms with E-state index in [2.05, 4.69) is 24.3 Å². The van der Waals surface area contributed by atoms with Gasteiger partial charge >= 0.3 is 0 Å². The molecule has 1 heteroatoms. The Labute approximate surface area is 102 Å². The molecule has 0 radical (unpaired) electrons. The van der Waals surface area contributed by atoms with E-state index < -0.39 is 0 Å². The van der Waals surface area contributed by atoms with Crippen molar-refractivity contribution in [3.63, 3.8) is 0 Å². The topological polar surface area (TPSA) is 20.2 Å². The van der Waals surface area contributed by atoms with Crippen molar-refractivity contribution >= 4 is 0 Å². The second kappa shape index (κ2) is 4.25. The van der Waals surface area contributed by atoms with Crippen LogP contribution in [0, 0.1) is 0 Å². The molecule has 0 spiro atoms. The molecule has 3 rings (SSSR count). The molecular formula is C16H16O. The van der Waals surface area contributed by atoms with Crippen molar-refractivity contribution in [3.05, 3.63) is 65.2 Å². The summed E-state index contributed by atoms with van der Waals surface area (Å²) in [7, 11) is 0. The third kappa shape index (κ3) is 1.93. The fourth-order valence-corrected chi connectivity index (χ4v) is 2.80. The number of fused-ring (bicyclic) bond motifs is 1. The Balaban J connectivity index is 1.92. The van der Waals surface area contributed by atoms with Crippen LogP contribution in [0.1, 0.15) is 29.0 Å². The van der Waals surface area contributed by atoms with Crippen LogP contribution in [-0.4, -0.2) is 5.11 Å². The van der Waals surface area contributed by atoms with Crippen LogP contribution >= 0.6 is 0 Å². The molecular weight excluding hydrogens is 208 g/mol. The number of aryl methyl sites for hydroxylation is 1. The van der Waals surface area contributed by atoms with Gasteiger partial charge < -0.3 is 5.11 Å². The largest absolute Gasteiger partial charge is 0.508 e. The third-order valence-corrected chi connectivity index (χ3v) is 3.72. The number of para-hydroxylation sites is 1. The van der Waals surface area contributed by atoms with Gasteiger partial charge in [-0.25, -0.2) is 0 Å². The lowest BCUT2D eigenvalue weighted by Gasteiger charge is -2.25. The quantitative estimate of drug-likeness (QED) is 0.783. The van der Waals surface area contributed by atoms with Gasteiger partial charge in [-0.3, -0.25) is 0 Å². The van der Waals surface area contributed by atoms with E-state index in [0.717, 1.165) is 24.8 Å². The van der Waals surface area contributed by atoms with Crippen LogP contribution in [0.3, 0.4) is 0 Å². The van der Waals surface area contributed by atoms with E-state index in [1.165, 1.54) is 11.1 Å². The first-order valence-electron chi connectivity index (χ1n) is 6.19. The Morgan fingerprint density at radius 1 is 0.882 bits per heavy atom. The minimum Gasteiger partial charge on any atom is -0.508 e. The van der Waals surface area contributed by atoms with Crippen LogP contribution in [-0.2, 0) is 12.8 Å². The maximum atomic E-state index is 9.91. The van der Waals surface area contributed by atoms with Crippen LogP contribution in [0.15, 0.2) is 48.5 Å². The first-order chi connectivity index (χ1) is 8.34. The van der Waals surface area contributed by atoms with Gasteiger partial charge in [0.25, 0.3) is 0 Å². The van der Waals surface area contributed by atoms with Gasteiger partial charge in [0, 0.05) is 0 Å². The van der Waals surface area contributed by atoms with Crippen molar-refractivity contribution < 1.29 is 5.11 Å². The van der Waals surface area contributed by atoms with Gasteiger partial charge in [-0.15, -0.1) is 0 Å². The van der Waals surface area contributed by atoms with Gasteiger partial charge in [-0.2, -0.15) is 0 Å². The van der Waals surface area contributed by atoms with Crippen molar-refractivity contribution in [2.75, 3.05) is 0 Å². The molecule has 0 fully saturated rings. The third-order valence-electron chi connectivity index (χ3n) is 3.72. The molecule has 17 heavy (non-hydrogen) atoms. The Hall–Kier alpha value is -1.76. The lowest BCUT2D eigenvalue weighted by atomic mass is 9.80. The number of hydrogen-bond donors (Lipinski definition) is 1. The number of phenolic OH excluding ortho intramolecular Hbond substituents is 1. The fourth-order valence-electron chi connectivity index (χ4n) is 2.80. The van der Waals surface area contributed by atoms with Gasteiger partial charge in [0.1, 0.15) is 5.75 Å². The summed E-state index contributed by atoms with van der Waals surface area (Å²) in [5.41, 5.74) is 4.01. The monoisotopic (exact) mass is 224 g/mol. The minimum atomic E-state index is 0.442. The summed E-state index contributed by atoms with van der Waals surface area (Å²) < 4.78 is 0. The highest BCUT2D eigenvalue weighted by Gasteiger charge is 2.21. The van der Waals surface area contributed by atoms with E-state index in [0.29, 0.717) is 11.7 Å². The molecule has 2 aromatic carbocycles. The summed E-state index contributed by atoms with van der Waals surface area (Å²) in [4.78, 5) is 0. The highest BCUT2D eigenvalue weighted by atomic mass is 16.3. The molecule has 1 aliphatic carbocycles. The minimum absolute atomic E-state index is 0.442. The Bertz CT molecular complexity index is 531. The summed E-state index contributed by atoms with van der Waals surface area (Å²) in [5.74, 6) is 0.906.